The highest BCUT2D eigenvalue weighted by Crippen LogP contribution is 2.26. The topological polar surface area (TPSA) is 45.7 Å². The summed E-state index contributed by atoms with van der Waals surface area (Å²) in [5, 5.41) is 3.11. The number of aryl methyl sites for hydroxylation is 1. The lowest BCUT2D eigenvalue weighted by atomic mass is 10.1. The van der Waals surface area contributed by atoms with E-state index in [1.165, 1.54) is 12.1 Å². The smallest absolute Gasteiger partial charge is 0.222 e. The fourth-order valence-corrected chi connectivity index (χ4v) is 4.55. The van der Waals surface area contributed by atoms with Crippen molar-refractivity contribution in [3.8, 4) is 16.3 Å². The van der Waals surface area contributed by atoms with Crippen molar-refractivity contribution in [2.75, 3.05) is 33.3 Å². The van der Waals surface area contributed by atoms with Gasteiger partial charge in [-0.2, -0.15) is 0 Å². The average Bonchev–Trinajstić information content (AvgIpc) is 3.26. The third kappa shape index (κ3) is 5.68. The van der Waals surface area contributed by atoms with Crippen LogP contribution in [0.2, 0.25) is 0 Å². The van der Waals surface area contributed by atoms with Crippen LogP contribution in [0.15, 0.2) is 53.9 Å². The predicted octanol–water partition coefficient (Wildman–Crippen LogP) is 4.23. The Bertz CT molecular complexity index is 1010. The normalized spacial score (nSPS) is 14.6. The molecule has 0 atom stereocenters. The number of carbonyl (C=O) groups excluding carboxylic acids is 1. The summed E-state index contributed by atoms with van der Waals surface area (Å²) in [4.78, 5) is 21.6. The Kier molecular flexibility index (Phi) is 6.94. The van der Waals surface area contributed by atoms with Gasteiger partial charge in [0.2, 0.25) is 5.91 Å². The molecule has 2 heterocycles. The average molecular weight is 440 g/mol. The van der Waals surface area contributed by atoms with Crippen LogP contribution in [0.25, 0.3) is 10.6 Å². The van der Waals surface area contributed by atoms with Crippen LogP contribution in [-0.2, 0) is 17.8 Å². The molecule has 31 heavy (non-hydrogen) atoms. The van der Waals surface area contributed by atoms with Gasteiger partial charge in [-0.15, -0.1) is 11.3 Å². The molecule has 0 spiro atoms. The number of methoxy groups -OCH3 is 1. The molecule has 162 valence electrons. The second-order valence-corrected chi connectivity index (χ2v) is 8.52. The lowest BCUT2D eigenvalue weighted by Gasteiger charge is -2.34. The Hall–Kier alpha value is -2.77. The van der Waals surface area contributed by atoms with Crippen molar-refractivity contribution in [1.29, 1.82) is 0 Å². The van der Waals surface area contributed by atoms with Gasteiger partial charge in [-0.25, -0.2) is 9.37 Å². The van der Waals surface area contributed by atoms with Gasteiger partial charge in [0.15, 0.2) is 0 Å². The lowest BCUT2D eigenvalue weighted by Crippen LogP contribution is -2.48. The molecule has 0 saturated carbocycles. The number of hydrogen-bond donors (Lipinski definition) is 0. The van der Waals surface area contributed by atoms with E-state index in [0.29, 0.717) is 12.8 Å². The zero-order chi connectivity index (χ0) is 21.6. The molecule has 3 aromatic rings. The largest absolute Gasteiger partial charge is 0.497 e. The first-order chi connectivity index (χ1) is 15.1. The molecule has 1 aliphatic heterocycles. The van der Waals surface area contributed by atoms with E-state index in [4.69, 9.17) is 9.72 Å². The molecule has 1 amide bonds. The number of rotatable bonds is 7. The summed E-state index contributed by atoms with van der Waals surface area (Å²) in [6.07, 6.45) is 0.991. The predicted molar refractivity (Wildman–Crippen MR) is 121 cm³/mol. The zero-order valence-electron chi connectivity index (χ0n) is 17.6. The summed E-state index contributed by atoms with van der Waals surface area (Å²) in [5.41, 5.74) is 3.01. The molecule has 0 bridgehead atoms. The highest BCUT2D eigenvalue weighted by molar-refractivity contribution is 7.13. The third-order valence-electron chi connectivity index (χ3n) is 5.52. The monoisotopic (exact) mass is 439 g/mol. The fourth-order valence-electron chi connectivity index (χ4n) is 3.73. The van der Waals surface area contributed by atoms with E-state index < -0.39 is 0 Å². The van der Waals surface area contributed by atoms with Crippen molar-refractivity contribution in [1.82, 2.24) is 14.8 Å². The highest BCUT2D eigenvalue weighted by atomic mass is 32.1. The Morgan fingerprint density at radius 3 is 2.61 bits per heavy atom. The molecular formula is C24H26FN3O2S. The van der Waals surface area contributed by atoms with Gasteiger partial charge in [-0.3, -0.25) is 9.69 Å². The van der Waals surface area contributed by atoms with Gasteiger partial charge in [0, 0.05) is 50.1 Å². The third-order valence-corrected chi connectivity index (χ3v) is 6.46. The number of nitrogens with zero attached hydrogens (tertiary/aromatic N) is 3. The number of piperazine rings is 1. The van der Waals surface area contributed by atoms with E-state index in [9.17, 15) is 9.18 Å². The molecule has 5 nitrogen and oxygen atoms in total. The van der Waals surface area contributed by atoms with Crippen LogP contribution >= 0.6 is 11.3 Å². The van der Waals surface area contributed by atoms with E-state index in [1.54, 1.807) is 24.5 Å². The van der Waals surface area contributed by atoms with Crippen LogP contribution in [-0.4, -0.2) is 54.0 Å². The first-order valence-electron chi connectivity index (χ1n) is 10.4. The number of thiazole rings is 1. The first-order valence-corrected chi connectivity index (χ1v) is 11.3. The minimum atomic E-state index is -0.254. The molecule has 1 fully saturated rings. The lowest BCUT2D eigenvalue weighted by molar-refractivity contribution is -0.133. The number of hydrogen-bond acceptors (Lipinski definition) is 5. The van der Waals surface area contributed by atoms with E-state index in [1.807, 2.05) is 35.2 Å². The van der Waals surface area contributed by atoms with E-state index >= 15 is 0 Å². The molecule has 1 saturated heterocycles. The molecule has 0 N–H and O–H groups in total. The van der Waals surface area contributed by atoms with Gasteiger partial charge >= 0.3 is 0 Å². The molecule has 0 radical (unpaired) electrons. The van der Waals surface area contributed by atoms with E-state index in [2.05, 4.69) is 10.3 Å². The van der Waals surface area contributed by atoms with E-state index in [-0.39, 0.29) is 11.7 Å². The Morgan fingerprint density at radius 2 is 1.90 bits per heavy atom. The van der Waals surface area contributed by atoms with Crippen LogP contribution in [0.1, 0.15) is 17.7 Å². The number of halogens is 1. The molecule has 0 unspecified atom stereocenters. The Morgan fingerprint density at radius 1 is 1.13 bits per heavy atom. The molecule has 1 aromatic heterocycles. The minimum Gasteiger partial charge on any atom is -0.497 e. The standard InChI is InChI=1S/C24H26FN3O2S/c1-30-22-8-6-19(7-9-22)24-26-21(17-31-24)16-27-11-13-28(14-12-27)23(29)10-5-18-3-2-4-20(25)15-18/h2-4,6-9,15,17H,5,10-14,16H2,1H3. The molecule has 0 aliphatic carbocycles. The van der Waals surface area contributed by atoms with Gasteiger partial charge in [-0.1, -0.05) is 12.1 Å². The number of aromatic nitrogens is 1. The van der Waals surface area contributed by atoms with E-state index in [0.717, 1.165) is 60.3 Å². The molecule has 4 rings (SSSR count). The maximum atomic E-state index is 13.3. The summed E-state index contributed by atoms with van der Waals surface area (Å²) in [6.45, 7) is 3.90. The SMILES string of the molecule is COc1ccc(-c2nc(CN3CCN(C(=O)CCc4cccc(F)c4)CC3)cs2)cc1. The van der Waals surface area contributed by atoms with Crippen molar-refractivity contribution >= 4 is 17.2 Å². The molecule has 1 aliphatic rings. The van der Waals surface area contributed by atoms with Crippen molar-refractivity contribution < 1.29 is 13.9 Å². The molecular weight excluding hydrogens is 413 g/mol. The Balaban J connectivity index is 1.24. The van der Waals surface area contributed by atoms with Gasteiger partial charge in [-0.05, 0) is 48.4 Å². The number of carbonyl (C=O) groups is 1. The van der Waals surface area contributed by atoms with Gasteiger partial charge < -0.3 is 9.64 Å². The van der Waals surface area contributed by atoms with Crippen molar-refractivity contribution in [3.05, 3.63) is 71.0 Å². The second-order valence-electron chi connectivity index (χ2n) is 7.66. The number of benzene rings is 2. The van der Waals surface area contributed by atoms with Crippen LogP contribution < -0.4 is 4.74 Å². The maximum Gasteiger partial charge on any atom is 0.222 e. The van der Waals surface area contributed by atoms with Crippen molar-refractivity contribution in [2.24, 2.45) is 0 Å². The number of ether oxygens (including phenoxy) is 1. The summed E-state index contributed by atoms with van der Waals surface area (Å²) in [5.74, 6) is 0.721. The fraction of sp³-hybridized carbons (Fsp3) is 0.333. The summed E-state index contributed by atoms with van der Waals surface area (Å²) in [6, 6.07) is 14.4. The van der Waals surface area contributed by atoms with Crippen LogP contribution in [0.5, 0.6) is 5.75 Å². The van der Waals surface area contributed by atoms with Gasteiger partial charge in [0.05, 0.1) is 12.8 Å². The zero-order valence-corrected chi connectivity index (χ0v) is 18.4. The van der Waals surface area contributed by atoms with Gasteiger partial charge in [0.1, 0.15) is 16.6 Å². The minimum absolute atomic E-state index is 0.138. The van der Waals surface area contributed by atoms with Crippen LogP contribution in [0.3, 0.4) is 0 Å². The second kappa shape index (κ2) is 10.0. The summed E-state index contributed by atoms with van der Waals surface area (Å²) < 4.78 is 18.5. The first kappa shape index (κ1) is 21.5. The maximum absolute atomic E-state index is 13.3. The summed E-state index contributed by atoms with van der Waals surface area (Å²) in [7, 11) is 1.66. The quantitative estimate of drug-likeness (QED) is 0.553. The molecule has 2 aromatic carbocycles. The highest BCUT2D eigenvalue weighted by Gasteiger charge is 2.21. The van der Waals surface area contributed by atoms with Crippen molar-refractivity contribution in [2.45, 2.75) is 19.4 Å². The van der Waals surface area contributed by atoms with Crippen LogP contribution in [0, 0.1) is 5.82 Å². The summed E-state index contributed by atoms with van der Waals surface area (Å²) >= 11 is 1.65. The number of amides is 1. The van der Waals surface area contributed by atoms with Gasteiger partial charge in [0.25, 0.3) is 0 Å². The van der Waals surface area contributed by atoms with Crippen LogP contribution in [0.4, 0.5) is 4.39 Å². The molecule has 7 heteroatoms. The van der Waals surface area contributed by atoms with Crippen molar-refractivity contribution in [3.63, 3.8) is 0 Å². The Labute approximate surface area is 186 Å².